The summed E-state index contributed by atoms with van der Waals surface area (Å²) >= 11 is 0. The van der Waals surface area contributed by atoms with Gasteiger partial charge >= 0.3 is 0 Å². The summed E-state index contributed by atoms with van der Waals surface area (Å²) in [5.41, 5.74) is 5.84. The molecule has 0 aliphatic carbocycles. The summed E-state index contributed by atoms with van der Waals surface area (Å²) in [5, 5.41) is 18.7. The Bertz CT molecular complexity index is 1050. The Kier molecular flexibility index (Phi) is 8.02. The largest absolute Gasteiger partial charge is 0.395 e. The molecule has 6 nitrogen and oxygen atoms in total. The number of hydrogen-bond acceptors (Lipinski definition) is 6. The van der Waals surface area contributed by atoms with Crippen molar-refractivity contribution in [2.45, 2.75) is 71.3 Å². The number of azo groups is 1. The number of aliphatic hydroxyl groups is 1. The predicted octanol–water partition coefficient (Wildman–Crippen LogP) is 6.55. The van der Waals surface area contributed by atoms with Crippen molar-refractivity contribution in [3.8, 4) is 0 Å². The molecule has 0 amide bonds. The number of likely N-dealkylation sites (tertiary alicyclic amines) is 1. The molecule has 1 saturated heterocycles. The molecule has 0 spiro atoms. The molecule has 0 aromatic heterocycles. The normalized spacial score (nSPS) is 20.6. The zero-order valence-corrected chi connectivity index (χ0v) is 21.8. The second kappa shape index (κ2) is 11.0. The third kappa shape index (κ3) is 5.99. The maximum absolute atomic E-state index is 12.7. The van der Waals surface area contributed by atoms with E-state index in [9.17, 15) is 9.90 Å². The Hall–Kier alpha value is -2.57. The first kappa shape index (κ1) is 25.5. The summed E-state index contributed by atoms with van der Waals surface area (Å²) in [6, 6.07) is 11.8. The van der Waals surface area contributed by atoms with Crippen molar-refractivity contribution < 1.29 is 9.90 Å². The van der Waals surface area contributed by atoms with Crippen LogP contribution in [0.5, 0.6) is 0 Å². The van der Waals surface area contributed by atoms with Gasteiger partial charge in [0.25, 0.3) is 0 Å². The predicted molar refractivity (Wildman–Crippen MR) is 143 cm³/mol. The second-order valence-corrected chi connectivity index (χ2v) is 10.9. The number of carbonyl (C=O) groups is 1. The van der Waals surface area contributed by atoms with E-state index in [0.717, 1.165) is 42.0 Å². The van der Waals surface area contributed by atoms with Crippen LogP contribution in [-0.4, -0.2) is 54.1 Å². The Labute approximate surface area is 210 Å². The molecule has 188 valence electrons. The van der Waals surface area contributed by atoms with Gasteiger partial charge < -0.3 is 10.0 Å². The smallest absolute Gasteiger partial charge is 0.176 e. The van der Waals surface area contributed by atoms with Crippen molar-refractivity contribution in [1.82, 2.24) is 4.90 Å². The van der Waals surface area contributed by atoms with Crippen molar-refractivity contribution in [3.05, 3.63) is 53.1 Å². The van der Waals surface area contributed by atoms with E-state index in [1.165, 1.54) is 36.9 Å². The number of fused-ring (bicyclic) bond motifs is 1. The summed E-state index contributed by atoms with van der Waals surface area (Å²) in [6.07, 6.45) is 5.93. The molecule has 1 atom stereocenters. The number of aryl methyl sites for hydroxylation is 1. The summed E-state index contributed by atoms with van der Waals surface area (Å²) in [5.74, 6) is 0.573. The molecule has 6 heteroatoms. The zero-order valence-electron chi connectivity index (χ0n) is 21.8. The molecule has 0 saturated carbocycles. The number of nitrogens with zero attached hydrogens (tertiary/aromatic N) is 4. The van der Waals surface area contributed by atoms with E-state index in [2.05, 4.69) is 59.9 Å². The van der Waals surface area contributed by atoms with E-state index in [1.54, 1.807) is 0 Å². The second-order valence-electron chi connectivity index (χ2n) is 10.9. The summed E-state index contributed by atoms with van der Waals surface area (Å²) in [4.78, 5) is 17.3. The van der Waals surface area contributed by atoms with Crippen LogP contribution in [0.15, 0.2) is 46.6 Å². The maximum atomic E-state index is 12.7. The third-order valence-electron chi connectivity index (χ3n) is 7.56. The van der Waals surface area contributed by atoms with Crippen molar-refractivity contribution in [1.29, 1.82) is 0 Å². The summed E-state index contributed by atoms with van der Waals surface area (Å²) in [7, 11) is 0. The van der Waals surface area contributed by atoms with Gasteiger partial charge in [0.1, 0.15) is 0 Å². The minimum atomic E-state index is -0.00295. The molecule has 2 aromatic rings. The van der Waals surface area contributed by atoms with Gasteiger partial charge in [0.2, 0.25) is 0 Å². The van der Waals surface area contributed by atoms with Crippen molar-refractivity contribution in [3.63, 3.8) is 0 Å². The Morgan fingerprint density at radius 2 is 1.74 bits per heavy atom. The van der Waals surface area contributed by atoms with E-state index in [-0.39, 0.29) is 17.9 Å². The number of benzene rings is 2. The van der Waals surface area contributed by atoms with Gasteiger partial charge in [-0.3, -0.25) is 9.69 Å². The van der Waals surface area contributed by atoms with Crippen LogP contribution in [0.3, 0.4) is 0 Å². The first-order valence-corrected chi connectivity index (χ1v) is 13.1. The number of β-amino-alcohol motifs (C(OH)–C–C–N with tert-alkyl or cyclic N) is 1. The molecule has 1 unspecified atom stereocenters. The average molecular weight is 477 g/mol. The summed E-state index contributed by atoms with van der Waals surface area (Å²) in [6.45, 7) is 12.1. The lowest BCUT2D eigenvalue weighted by molar-refractivity contribution is 0.0933. The van der Waals surface area contributed by atoms with E-state index < -0.39 is 0 Å². The molecular weight excluding hydrogens is 436 g/mol. The zero-order chi connectivity index (χ0) is 25.0. The van der Waals surface area contributed by atoms with Crippen LogP contribution in [0, 0.1) is 6.92 Å². The quantitative estimate of drug-likeness (QED) is 0.363. The van der Waals surface area contributed by atoms with E-state index in [0.29, 0.717) is 19.0 Å². The minimum absolute atomic E-state index is 0.00295. The van der Waals surface area contributed by atoms with E-state index in [4.69, 9.17) is 0 Å². The molecule has 2 heterocycles. The molecule has 2 aromatic carbocycles. The highest BCUT2D eigenvalue weighted by atomic mass is 16.3. The van der Waals surface area contributed by atoms with Gasteiger partial charge in [-0.15, -0.1) is 0 Å². The first-order valence-electron chi connectivity index (χ1n) is 13.1. The van der Waals surface area contributed by atoms with Crippen LogP contribution in [0.25, 0.3) is 0 Å². The van der Waals surface area contributed by atoms with Gasteiger partial charge in [0.05, 0.1) is 24.5 Å². The van der Waals surface area contributed by atoms with Crippen LogP contribution in [-0.2, 0) is 0 Å². The van der Waals surface area contributed by atoms with Gasteiger partial charge in [-0.05, 0) is 107 Å². The molecule has 0 bridgehead atoms. The van der Waals surface area contributed by atoms with Crippen LogP contribution < -0.4 is 4.90 Å². The number of ketones is 1. The topological polar surface area (TPSA) is 68.5 Å². The molecule has 1 fully saturated rings. The molecule has 1 N–H and O–H groups in total. The molecule has 2 aliphatic heterocycles. The van der Waals surface area contributed by atoms with E-state index in [1.807, 2.05) is 24.3 Å². The first-order chi connectivity index (χ1) is 16.8. The van der Waals surface area contributed by atoms with E-state index >= 15 is 0 Å². The maximum Gasteiger partial charge on any atom is 0.176 e. The molecule has 0 radical (unpaired) electrons. The van der Waals surface area contributed by atoms with Gasteiger partial charge in [0.15, 0.2) is 5.78 Å². The number of carbonyl (C=O) groups excluding carboxylic acids is 1. The lowest BCUT2D eigenvalue weighted by atomic mass is 9.79. The highest BCUT2D eigenvalue weighted by molar-refractivity contribution is 5.97. The van der Waals surface area contributed by atoms with Crippen LogP contribution >= 0.6 is 0 Å². The fourth-order valence-electron chi connectivity index (χ4n) is 5.67. The van der Waals surface area contributed by atoms with Crippen molar-refractivity contribution in [2.75, 3.05) is 37.7 Å². The Morgan fingerprint density at radius 3 is 2.40 bits per heavy atom. The highest BCUT2D eigenvalue weighted by Crippen LogP contribution is 2.45. The van der Waals surface area contributed by atoms with Crippen LogP contribution in [0.2, 0.25) is 0 Å². The average Bonchev–Trinajstić information content (AvgIpc) is 3.09. The fraction of sp³-hybridized carbons (Fsp3) is 0.552. The lowest BCUT2D eigenvalue weighted by Gasteiger charge is -2.47. The van der Waals surface area contributed by atoms with Gasteiger partial charge in [0, 0.05) is 23.3 Å². The van der Waals surface area contributed by atoms with Gasteiger partial charge in [-0.2, -0.15) is 10.2 Å². The molecule has 35 heavy (non-hydrogen) atoms. The highest BCUT2D eigenvalue weighted by Gasteiger charge is 2.36. The van der Waals surface area contributed by atoms with Gasteiger partial charge in [-0.25, -0.2) is 0 Å². The third-order valence-corrected chi connectivity index (χ3v) is 7.56. The molecular formula is C29H40N4O2. The Morgan fingerprint density at radius 1 is 1.06 bits per heavy atom. The fourth-order valence-corrected chi connectivity index (χ4v) is 5.67. The number of hydrogen-bond donors (Lipinski definition) is 1. The number of aliphatic hydroxyl groups excluding tert-OH is 1. The SMILES string of the molecule is Cc1cc2c(cc1N=Nc1ccc(C(=O)CN3CCCCCC3)cc1)C(C)CC(C)(C)N2CCO. The monoisotopic (exact) mass is 476 g/mol. The minimum Gasteiger partial charge on any atom is -0.395 e. The Balaban J connectivity index is 1.48. The molecule has 4 rings (SSSR count). The van der Waals surface area contributed by atoms with Crippen molar-refractivity contribution >= 4 is 22.8 Å². The molecule has 2 aliphatic rings. The number of Topliss-reactive ketones (excluding diaryl/α,β-unsaturated/α-hetero) is 1. The number of rotatable bonds is 7. The number of anilines is 1. The standard InChI is InChI=1S/C29H40N4O2/c1-21-17-27-25(22(2)19-29(3,4)33(27)15-16-34)18-26(21)31-30-24-11-9-23(10-12-24)28(35)20-32-13-7-5-6-8-14-32/h9-12,17-18,22,34H,5-8,13-16,19-20H2,1-4H3. The van der Waals surface area contributed by atoms with Crippen molar-refractivity contribution in [2.24, 2.45) is 10.2 Å². The summed E-state index contributed by atoms with van der Waals surface area (Å²) < 4.78 is 0. The van der Waals surface area contributed by atoms with Crippen LogP contribution in [0.4, 0.5) is 17.1 Å². The lowest BCUT2D eigenvalue weighted by Crippen LogP contribution is -2.49. The van der Waals surface area contributed by atoms with Crippen LogP contribution in [0.1, 0.15) is 80.3 Å². The van der Waals surface area contributed by atoms with Gasteiger partial charge in [-0.1, -0.05) is 19.8 Å².